The second kappa shape index (κ2) is 6.50. The Morgan fingerprint density at radius 3 is 2.39 bits per heavy atom. The Morgan fingerprint density at radius 2 is 1.83 bits per heavy atom. The molecule has 0 heterocycles. The van der Waals surface area contributed by atoms with E-state index in [9.17, 15) is 9.18 Å². The van der Waals surface area contributed by atoms with Crippen molar-refractivity contribution >= 4 is 5.97 Å². The Balaban J connectivity index is 1.99. The quantitative estimate of drug-likeness (QED) is 0.751. The summed E-state index contributed by atoms with van der Waals surface area (Å²) in [5.74, 6) is 0.274. The lowest BCUT2D eigenvalue weighted by molar-refractivity contribution is -0.169. The topological polar surface area (TPSA) is 35.5 Å². The van der Waals surface area contributed by atoms with Gasteiger partial charge in [0, 0.05) is 0 Å². The zero-order chi connectivity index (χ0) is 17.3. The molecule has 1 aliphatic carbocycles. The number of ether oxygens (including phenoxy) is 2. The maximum Gasteiger partial charge on any atom is 0.350 e. The fourth-order valence-electron chi connectivity index (χ4n) is 3.48. The molecule has 1 aliphatic rings. The van der Waals surface area contributed by atoms with Gasteiger partial charge in [0.2, 0.25) is 0 Å². The highest BCUT2D eigenvalue weighted by molar-refractivity contribution is 5.79. The molecule has 4 heteroatoms. The van der Waals surface area contributed by atoms with Crippen LogP contribution in [0.2, 0.25) is 0 Å². The third kappa shape index (κ3) is 4.95. The van der Waals surface area contributed by atoms with Crippen LogP contribution in [0.4, 0.5) is 4.39 Å². The number of carbonyl (C=O) groups excluding carboxylic acids is 1. The van der Waals surface area contributed by atoms with Crippen LogP contribution in [0.15, 0.2) is 24.3 Å². The number of benzene rings is 1. The number of rotatable bonds is 4. The summed E-state index contributed by atoms with van der Waals surface area (Å²) in [5.41, 5.74) is -0.923. The van der Waals surface area contributed by atoms with Crippen LogP contribution in [0.1, 0.15) is 53.9 Å². The van der Waals surface area contributed by atoms with Gasteiger partial charge in [0.15, 0.2) is 5.60 Å². The van der Waals surface area contributed by atoms with Gasteiger partial charge in [0.1, 0.15) is 17.7 Å². The van der Waals surface area contributed by atoms with E-state index in [0.29, 0.717) is 11.7 Å². The second-order valence-corrected chi connectivity index (χ2v) is 8.01. The van der Waals surface area contributed by atoms with Gasteiger partial charge >= 0.3 is 5.97 Å². The van der Waals surface area contributed by atoms with Crippen molar-refractivity contribution in [3.05, 3.63) is 30.1 Å². The van der Waals surface area contributed by atoms with Gasteiger partial charge in [-0.25, -0.2) is 9.18 Å². The van der Waals surface area contributed by atoms with Gasteiger partial charge in [-0.3, -0.25) is 0 Å². The van der Waals surface area contributed by atoms with Gasteiger partial charge in [-0.15, -0.1) is 0 Å². The highest BCUT2D eigenvalue weighted by atomic mass is 19.1. The maximum atomic E-state index is 12.9. The van der Waals surface area contributed by atoms with Crippen LogP contribution in [0.25, 0.3) is 0 Å². The minimum absolute atomic E-state index is 0.0719. The van der Waals surface area contributed by atoms with Gasteiger partial charge < -0.3 is 9.47 Å². The minimum atomic E-state index is -1.11. The molecule has 2 rings (SSSR count). The van der Waals surface area contributed by atoms with E-state index in [4.69, 9.17) is 9.47 Å². The molecule has 0 amide bonds. The zero-order valence-electron chi connectivity index (χ0n) is 14.7. The molecule has 0 saturated heterocycles. The van der Waals surface area contributed by atoms with E-state index in [1.54, 1.807) is 13.8 Å². The zero-order valence-corrected chi connectivity index (χ0v) is 14.7. The number of halogens is 1. The van der Waals surface area contributed by atoms with E-state index in [2.05, 4.69) is 20.8 Å². The van der Waals surface area contributed by atoms with E-state index in [0.717, 1.165) is 19.3 Å². The molecule has 2 unspecified atom stereocenters. The van der Waals surface area contributed by atoms with Crippen LogP contribution in [-0.4, -0.2) is 17.7 Å². The summed E-state index contributed by atoms with van der Waals surface area (Å²) in [6.45, 7) is 9.97. The lowest BCUT2D eigenvalue weighted by Crippen LogP contribution is -2.43. The molecular weight excluding hydrogens is 295 g/mol. The minimum Gasteiger partial charge on any atom is -0.476 e. The average Bonchev–Trinajstić information content (AvgIpc) is 2.38. The molecule has 0 aliphatic heterocycles. The Morgan fingerprint density at radius 1 is 1.22 bits per heavy atom. The summed E-state index contributed by atoms with van der Waals surface area (Å²) in [4.78, 5) is 12.5. The number of hydrogen-bond donors (Lipinski definition) is 0. The van der Waals surface area contributed by atoms with Crippen LogP contribution in [0, 0.1) is 17.2 Å². The van der Waals surface area contributed by atoms with E-state index in [1.807, 2.05) is 0 Å². The fraction of sp³-hybridized carbons (Fsp3) is 0.632. The Bertz CT molecular complexity index is 548. The van der Waals surface area contributed by atoms with Crippen LogP contribution in [-0.2, 0) is 9.53 Å². The predicted octanol–water partition coefficient (Wildman–Crippen LogP) is 4.74. The van der Waals surface area contributed by atoms with Crippen molar-refractivity contribution in [1.29, 1.82) is 0 Å². The van der Waals surface area contributed by atoms with Crippen LogP contribution >= 0.6 is 0 Å². The SMILES string of the molecule is CC1CC(OC(=O)C(C)(C)Oc2ccc(F)cc2)CC(C)(C)C1. The molecule has 1 aromatic rings. The molecular formula is C19H27FO3. The van der Waals surface area contributed by atoms with Crippen molar-refractivity contribution in [2.45, 2.75) is 65.6 Å². The molecule has 0 N–H and O–H groups in total. The van der Waals surface area contributed by atoms with Gasteiger partial charge in [-0.1, -0.05) is 20.8 Å². The lowest BCUT2D eigenvalue weighted by atomic mass is 9.71. The standard InChI is InChI=1S/C19H27FO3/c1-13-10-16(12-18(2,3)11-13)22-17(21)19(4,5)23-15-8-6-14(20)7-9-15/h6-9,13,16H,10-12H2,1-5H3. The monoisotopic (exact) mass is 322 g/mol. The predicted molar refractivity (Wildman–Crippen MR) is 87.8 cm³/mol. The first-order valence-corrected chi connectivity index (χ1v) is 8.23. The van der Waals surface area contributed by atoms with Crippen LogP contribution < -0.4 is 4.74 Å². The molecule has 128 valence electrons. The molecule has 1 aromatic carbocycles. The highest BCUT2D eigenvalue weighted by Crippen LogP contribution is 2.40. The Hall–Kier alpha value is -1.58. The summed E-state index contributed by atoms with van der Waals surface area (Å²) >= 11 is 0. The maximum absolute atomic E-state index is 12.9. The van der Waals surface area contributed by atoms with Crippen LogP contribution in [0.3, 0.4) is 0 Å². The van der Waals surface area contributed by atoms with Crippen molar-refractivity contribution in [2.75, 3.05) is 0 Å². The van der Waals surface area contributed by atoms with Gasteiger partial charge in [0.05, 0.1) is 0 Å². The summed E-state index contributed by atoms with van der Waals surface area (Å²) in [7, 11) is 0. The van der Waals surface area contributed by atoms with E-state index >= 15 is 0 Å². The number of carbonyl (C=O) groups is 1. The fourth-order valence-corrected chi connectivity index (χ4v) is 3.48. The summed E-state index contributed by atoms with van der Waals surface area (Å²) in [6.07, 6.45) is 2.84. The lowest BCUT2D eigenvalue weighted by Gasteiger charge is -2.39. The first kappa shape index (κ1) is 17.8. The van der Waals surface area contributed by atoms with Gasteiger partial charge in [-0.2, -0.15) is 0 Å². The molecule has 0 bridgehead atoms. The Kier molecular flexibility index (Phi) is 5.02. The molecule has 3 nitrogen and oxygen atoms in total. The number of hydrogen-bond acceptors (Lipinski definition) is 3. The number of esters is 1. The van der Waals surface area contributed by atoms with Crippen molar-refractivity contribution in [3.8, 4) is 5.75 Å². The van der Waals surface area contributed by atoms with E-state index in [1.165, 1.54) is 24.3 Å². The molecule has 0 spiro atoms. The molecule has 1 saturated carbocycles. The first-order valence-electron chi connectivity index (χ1n) is 8.23. The third-order valence-corrected chi connectivity index (χ3v) is 4.30. The molecule has 0 aromatic heterocycles. The van der Waals surface area contributed by atoms with Crippen molar-refractivity contribution in [3.63, 3.8) is 0 Å². The summed E-state index contributed by atoms with van der Waals surface area (Å²) < 4.78 is 24.4. The summed E-state index contributed by atoms with van der Waals surface area (Å²) in [6, 6.07) is 5.64. The largest absolute Gasteiger partial charge is 0.476 e. The van der Waals surface area contributed by atoms with Crippen molar-refractivity contribution in [2.24, 2.45) is 11.3 Å². The van der Waals surface area contributed by atoms with Gasteiger partial charge in [0.25, 0.3) is 0 Å². The highest BCUT2D eigenvalue weighted by Gasteiger charge is 2.38. The second-order valence-electron chi connectivity index (χ2n) is 8.01. The molecule has 1 fully saturated rings. The van der Waals surface area contributed by atoms with E-state index < -0.39 is 5.60 Å². The summed E-state index contributed by atoms with van der Waals surface area (Å²) in [5, 5.41) is 0. The molecule has 0 radical (unpaired) electrons. The first-order chi connectivity index (χ1) is 10.6. The molecule has 23 heavy (non-hydrogen) atoms. The normalized spacial score (nSPS) is 24.1. The Labute approximate surface area is 138 Å². The van der Waals surface area contributed by atoms with E-state index in [-0.39, 0.29) is 23.3 Å². The van der Waals surface area contributed by atoms with Crippen LogP contribution in [0.5, 0.6) is 5.75 Å². The molecule has 2 atom stereocenters. The van der Waals surface area contributed by atoms with Gasteiger partial charge in [-0.05, 0) is 68.7 Å². The third-order valence-electron chi connectivity index (χ3n) is 4.30. The van der Waals surface area contributed by atoms with Crippen molar-refractivity contribution in [1.82, 2.24) is 0 Å². The smallest absolute Gasteiger partial charge is 0.350 e. The average molecular weight is 322 g/mol. The van der Waals surface area contributed by atoms with Crippen molar-refractivity contribution < 1.29 is 18.7 Å².